The van der Waals surface area contributed by atoms with Crippen LogP contribution in [0.1, 0.15) is 64.7 Å². The van der Waals surface area contributed by atoms with Crippen molar-refractivity contribution in [2.75, 3.05) is 36.4 Å². The number of nitrogens with zero attached hydrogens (tertiary/aromatic N) is 2. The maximum atomic E-state index is 13.6. The molecule has 0 bridgehead atoms. The van der Waals surface area contributed by atoms with Crippen LogP contribution in [0.5, 0.6) is 0 Å². The number of hydrogen-bond acceptors (Lipinski definition) is 8. The van der Waals surface area contributed by atoms with Crippen LogP contribution in [0.15, 0.2) is 46.2 Å². The monoisotopic (exact) mass is 584 g/mol. The minimum absolute atomic E-state index is 0.0702. The predicted molar refractivity (Wildman–Crippen MR) is 160 cm³/mol. The third-order valence-corrected chi connectivity index (χ3v) is 7.59. The van der Waals surface area contributed by atoms with Gasteiger partial charge in [-0.25, -0.2) is 19.3 Å². The van der Waals surface area contributed by atoms with E-state index in [-0.39, 0.29) is 11.6 Å². The number of piperidine rings is 1. The summed E-state index contributed by atoms with van der Waals surface area (Å²) in [5, 5.41) is 16.2. The molecule has 0 aliphatic carbocycles. The van der Waals surface area contributed by atoms with E-state index in [1.54, 1.807) is 17.0 Å². The van der Waals surface area contributed by atoms with Crippen LogP contribution in [0.25, 0.3) is 0 Å². The number of carbonyl (C=O) groups excluding carboxylic acids is 2. The summed E-state index contributed by atoms with van der Waals surface area (Å²) in [4.78, 5) is 42.9. The van der Waals surface area contributed by atoms with Gasteiger partial charge in [0.05, 0.1) is 22.6 Å². The molecule has 0 atom stereocenters. The molecule has 222 valence electrons. The van der Waals surface area contributed by atoms with Crippen molar-refractivity contribution < 1.29 is 29.0 Å². The Labute approximate surface area is 245 Å². The van der Waals surface area contributed by atoms with Gasteiger partial charge in [-0.2, -0.15) is 0 Å². The minimum atomic E-state index is -1.04. The third-order valence-electron chi connectivity index (χ3n) is 6.49. The summed E-state index contributed by atoms with van der Waals surface area (Å²) in [5.41, 5.74) is 0.766. The topological polar surface area (TPSA) is 120 Å². The zero-order valence-corrected chi connectivity index (χ0v) is 25.4. The highest BCUT2D eigenvalue weighted by atomic mass is 32.2. The first-order chi connectivity index (χ1) is 19.2. The predicted octanol–water partition coefficient (Wildman–Crippen LogP) is 6.32. The van der Waals surface area contributed by atoms with Crippen molar-refractivity contribution in [2.24, 2.45) is 0 Å². The summed E-state index contributed by atoms with van der Waals surface area (Å²) >= 11 is 1.44. The van der Waals surface area contributed by atoms with Crippen molar-refractivity contribution >= 4 is 47.0 Å². The second-order valence-electron chi connectivity index (χ2n) is 12.3. The number of amides is 2. The first kappa shape index (κ1) is 30.5. The molecular formula is C30H40N4O6S. The molecule has 4 rings (SSSR count). The van der Waals surface area contributed by atoms with Crippen molar-refractivity contribution in [1.82, 2.24) is 10.2 Å². The molecule has 11 heteroatoms. The van der Waals surface area contributed by atoms with Crippen LogP contribution in [-0.4, -0.2) is 71.6 Å². The van der Waals surface area contributed by atoms with Crippen LogP contribution < -0.4 is 15.5 Å². The smallest absolute Gasteiger partial charge is 0.419 e. The number of alkyl carbamates (subject to hydrolysis) is 1. The maximum absolute atomic E-state index is 13.6. The lowest BCUT2D eigenvalue weighted by Crippen LogP contribution is -2.43. The Morgan fingerprint density at radius 1 is 0.976 bits per heavy atom. The summed E-state index contributed by atoms with van der Waals surface area (Å²) < 4.78 is 11.1. The summed E-state index contributed by atoms with van der Waals surface area (Å²) in [7, 11) is 0. The van der Waals surface area contributed by atoms with Crippen LogP contribution in [0.2, 0.25) is 0 Å². The molecule has 2 heterocycles. The minimum Gasteiger partial charge on any atom is -0.478 e. The molecule has 0 saturated carbocycles. The number of nitrogens with one attached hydrogen (secondary N) is 2. The fraction of sp³-hybridized carbons (Fsp3) is 0.500. The third kappa shape index (κ3) is 8.07. The van der Waals surface area contributed by atoms with Gasteiger partial charge in [-0.15, -0.1) is 0 Å². The zero-order valence-electron chi connectivity index (χ0n) is 24.6. The van der Waals surface area contributed by atoms with Crippen molar-refractivity contribution in [3.05, 3.63) is 42.0 Å². The fourth-order valence-corrected chi connectivity index (χ4v) is 5.90. The van der Waals surface area contributed by atoms with Gasteiger partial charge in [-0.05, 0) is 78.6 Å². The second kappa shape index (κ2) is 12.2. The van der Waals surface area contributed by atoms with E-state index in [0.717, 1.165) is 30.8 Å². The zero-order chi connectivity index (χ0) is 29.9. The van der Waals surface area contributed by atoms with Crippen molar-refractivity contribution in [1.29, 1.82) is 0 Å². The van der Waals surface area contributed by atoms with Gasteiger partial charge in [0.1, 0.15) is 11.2 Å². The molecule has 0 spiro atoms. The number of benzene rings is 2. The maximum Gasteiger partial charge on any atom is 0.419 e. The fourth-order valence-electron chi connectivity index (χ4n) is 4.77. The molecule has 0 unspecified atom stereocenters. The van der Waals surface area contributed by atoms with Crippen LogP contribution >= 0.6 is 11.8 Å². The van der Waals surface area contributed by atoms with E-state index in [0.29, 0.717) is 35.0 Å². The number of rotatable bonds is 6. The van der Waals surface area contributed by atoms with Gasteiger partial charge < -0.3 is 30.1 Å². The highest BCUT2D eigenvalue weighted by Gasteiger charge is 2.35. The van der Waals surface area contributed by atoms with E-state index < -0.39 is 29.4 Å². The number of aromatic carboxylic acids is 1. The van der Waals surface area contributed by atoms with Gasteiger partial charge in [0, 0.05) is 42.0 Å². The molecule has 2 aromatic carbocycles. The Bertz CT molecular complexity index is 1290. The Hall–Kier alpha value is -3.44. The molecule has 10 nitrogen and oxygen atoms in total. The molecule has 2 amide bonds. The van der Waals surface area contributed by atoms with Crippen molar-refractivity contribution in [2.45, 2.75) is 81.4 Å². The SMILES string of the molecule is CC(C)(C)OC(=O)NCCN1CCC(Nc2cc(C(=O)O)cc3c2N(C(=O)OC(C)(C)C)c2ccccc2S3)CC1. The van der Waals surface area contributed by atoms with Crippen LogP contribution in [0, 0.1) is 0 Å². The first-order valence-electron chi connectivity index (χ1n) is 13.9. The average molecular weight is 585 g/mol. The van der Waals surface area contributed by atoms with Gasteiger partial charge in [0.15, 0.2) is 0 Å². The number of carboxylic acids is 1. The number of carboxylic acid groups (broad SMARTS) is 1. The average Bonchev–Trinajstić information content (AvgIpc) is 2.86. The first-order valence-corrected chi connectivity index (χ1v) is 14.7. The van der Waals surface area contributed by atoms with Crippen molar-refractivity contribution in [3.63, 3.8) is 0 Å². The summed E-state index contributed by atoms with van der Waals surface area (Å²) in [6.07, 6.45) is 0.680. The lowest BCUT2D eigenvalue weighted by atomic mass is 10.0. The Kier molecular flexibility index (Phi) is 9.08. The number of anilines is 3. The number of fused-ring (bicyclic) bond motifs is 2. The van der Waals surface area contributed by atoms with Gasteiger partial charge in [0.25, 0.3) is 0 Å². The Balaban J connectivity index is 1.52. The molecule has 1 fully saturated rings. The second-order valence-corrected chi connectivity index (χ2v) is 13.3. The molecule has 0 aromatic heterocycles. The molecule has 2 aliphatic rings. The van der Waals surface area contributed by atoms with E-state index >= 15 is 0 Å². The van der Waals surface area contributed by atoms with Gasteiger partial charge >= 0.3 is 18.2 Å². The Morgan fingerprint density at radius 2 is 1.63 bits per heavy atom. The quantitative estimate of drug-likeness (QED) is 0.358. The van der Waals surface area contributed by atoms with Gasteiger partial charge in [-0.3, -0.25) is 0 Å². The van der Waals surface area contributed by atoms with E-state index in [1.807, 2.05) is 65.8 Å². The lowest BCUT2D eigenvalue weighted by Gasteiger charge is -2.37. The molecule has 1 saturated heterocycles. The number of ether oxygens (including phenoxy) is 2. The normalized spacial score (nSPS) is 15.9. The van der Waals surface area contributed by atoms with Crippen LogP contribution in [0.4, 0.5) is 26.7 Å². The van der Waals surface area contributed by atoms with E-state index in [9.17, 15) is 19.5 Å². The lowest BCUT2D eigenvalue weighted by molar-refractivity contribution is 0.0518. The van der Waals surface area contributed by atoms with Gasteiger partial charge in [0.2, 0.25) is 0 Å². The highest BCUT2D eigenvalue weighted by molar-refractivity contribution is 7.99. The molecular weight excluding hydrogens is 544 g/mol. The molecule has 41 heavy (non-hydrogen) atoms. The number of para-hydroxylation sites is 1. The number of carbonyl (C=O) groups is 3. The largest absolute Gasteiger partial charge is 0.478 e. The van der Waals surface area contributed by atoms with Crippen LogP contribution in [-0.2, 0) is 9.47 Å². The summed E-state index contributed by atoms with van der Waals surface area (Å²) in [6.45, 7) is 13.8. The molecule has 2 aliphatic heterocycles. The summed E-state index contributed by atoms with van der Waals surface area (Å²) in [5.74, 6) is -1.04. The molecule has 2 aromatic rings. The molecule has 3 N–H and O–H groups in total. The summed E-state index contributed by atoms with van der Waals surface area (Å²) in [6, 6.07) is 10.8. The van der Waals surface area contributed by atoms with E-state index in [2.05, 4.69) is 15.5 Å². The Morgan fingerprint density at radius 3 is 2.27 bits per heavy atom. The number of likely N-dealkylation sites (tertiary alicyclic amines) is 1. The van der Waals surface area contributed by atoms with E-state index in [4.69, 9.17) is 9.47 Å². The van der Waals surface area contributed by atoms with Crippen molar-refractivity contribution in [3.8, 4) is 0 Å². The standard InChI is InChI=1S/C30H40N4O6S/c1-29(2,3)39-27(37)31-13-16-33-14-11-20(12-15-33)32-21-17-19(26(35)36)18-24-25(21)34(28(38)40-30(4,5)6)22-9-7-8-10-23(22)41-24/h7-10,17-18,20,32H,11-16H2,1-6H3,(H,31,37)(H,35,36). The van der Waals surface area contributed by atoms with Crippen LogP contribution in [0.3, 0.4) is 0 Å². The molecule has 0 radical (unpaired) electrons. The van der Waals surface area contributed by atoms with Gasteiger partial charge in [-0.1, -0.05) is 23.9 Å². The highest BCUT2D eigenvalue weighted by Crippen LogP contribution is 2.52. The number of hydrogen-bond donors (Lipinski definition) is 3. The van der Waals surface area contributed by atoms with E-state index in [1.165, 1.54) is 11.8 Å².